The Hall–Kier alpha value is -2.79. The van der Waals surface area contributed by atoms with Crippen LogP contribution in [0.4, 0.5) is 0 Å². The average molecular weight is 387 g/mol. The zero-order valence-electron chi connectivity index (χ0n) is 15.2. The summed E-state index contributed by atoms with van der Waals surface area (Å²) in [4.78, 5) is 24.3. The minimum absolute atomic E-state index is 0.192. The van der Waals surface area contributed by atoms with Gasteiger partial charge in [0.2, 0.25) is 5.78 Å². The molecule has 0 fully saturated rings. The number of allylic oxidation sites excluding steroid dienone is 1. The first-order chi connectivity index (χ1) is 12.8. The highest BCUT2D eigenvalue weighted by Gasteiger charge is 2.30. The Kier molecular flexibility index (Phi) is 5.51. The molecule has 0 unspecified atom stereocenters. The van der Waals surface area contributed by atoms with Crippen molar-refractivity contribution >= 4 is 29.4 Å². The van der Waals surface area contributed by atoms with Crippen molar-refractivity contribution in [1.82, 2.24) is 0 Å². The third-order valence-corrected chi connectivity index (χ3v) is 4.20. The van der Waals surface area contributed by atoms with Crippen LogP contribution in [0.3, 0.4) is 0 Å². The summed E-state index contributed by atoms with van der Waals surface area (Å²) in [6.45, 7) is 5.11. The Balaban J connectivity index is 1.81. The molecular weight excluding hydrogens is 368 g/mol. The van der Waals surface area contributed by atoms with Gasteiger partial charge in [-0.25, -0.2) is 4.79 Å². The monoisotopic (exact) mass is 386 g/mol. The van der Waals surface area contributed by atoms with E-state index in [9.17, 15) is 9.59 Å². The second-order valence-electron chi connectivity index (χ2n) is 6.40. The number of rotatable bonds is 5. The van der Waals surface area contributed by atoms with E-state index >= 15 is 0 Å². The number of halogens is 1. The fraction of sp³-hybridized carbons (Fsp3) is 0.238. The topological polar surface area (TPSA) is 61.8 Å². The van der Waals surface area contributed by atoms with Gasteiger partial charge in [0.15, 0.2) is 12.4 Å². The minimum Gasteiger partial charge on any atom is -0.482 e. The van der Waals surface area contributed by atoms with Crippen LogP contribution in [0.2, 0.25) is 5.02 Å². The summed E-state index contributed by atoms with van der Waals surface area (Å²) >= 11 is 6.15. The number of aryl methyl sites for hydroxylation is 1. The van der Waals surface area contributed by atoms with Gasteiger partial charge in [0.05, 0.1) is 11.7 Å². The van der Waals surface area contributed by atoms with Crippen molar-refractivity contribution in [2.24, 2.45) is 0 Å². The van der Waals surface area contributed by atoms with Crippen LogP contribution in [-0.4, -0.2) is 24.5 Å². The largest absolute Gasteiger partial charge is 0.482 e. The number of hydrogen-bond donors (Lipinski definition) is 0. The van der Waals surface area contributed by atoms with E-state index in [-0.39, 0.29) is 24.3 Å². The molecule has 3 rings (SSSR count). The molecule has 27 heavy (non-hydrogen) atoms. The lowest BCUT2D eigenvalue weighted by Gasteiger charge is -2.10. The first-order valence-corrected chi connectivity index (χ1v) is 8.88. The van der Waals surface area contributed by atoms with Crippen LogP contribution in [0.15, 0.2) is 42.2 Å². The molecule has 2 aromatic rings. The molecule has 0 spiro atoms. The Bertz CT molecular complexity index is 930. The highest BCUT2D eigenvalue weighted by molar-refractivity contribution is 6.32. The SMILES string of the molecule is Cc1cc(OCC(=O)OC(C)C)cc2c1C(=O)/C(=C/c1ccccc1Cl)O2. The van der Waals surface area contributed by atoms with Crippen LogP contribution in [0.5, 0.6) is 11.5 Å². The Morgan fingerprint density at radius 1 is 1.26 bits per heavy atom. The van der Waals surface area contributed by atoms with Crippen molar-refractivity contribution in [3.8, 4) is 11.5 Å². The normalized spacial score (nSPS) is 14.3. The van der Waals surface area contributed by atoms with Crippen LogP contribution >= 0.6 is 11.6 Å². The smallest absolute Gasteiger partial charge is 0.344 e. The molecule has 0 aliphatic carbocycles. The van der Waals surface area contributed by atoms with E-state index in [1.807, 2.05) is 12.1 Å². The average Bonchev–Trinajstić information content (AvgIpc) is 2.91. The van der Waals surface area contributed by atoms with Gasteiger partial charge in [-0.2, -0.15) is 0 Å². The summed E-state index contributed by atoms with van der Waals surface area (Å²) in [5, 5.41) is 0.529. The van der Waals surface area contributed by atoms with E-state index < -0.39 is 5.97 Å². The van der Waals surface area contributed by atoms with Crippen molar-refractivity contribution < 1.29 is 23.8 Å². The van der Waals surface area contributed by atoms with Gasteiger partial charge in [0.1, 0.15) is 11.5 Å². The predicted molar refractivity (Wildman–Crippen MR) is 102 cm³/mol. The molecule has 0 N–H and O–H groups in total. The molecule has 140 valence electrons. The molecular formula is C21H19ClO5. The van der Waals surface area contributed by atoms with Crippen molar-refractivity contribution in [2.75, 3.05) is 6.61 Å². The molecule has 0 saturated heterocycles. The summed E-state index contributed by atoms with van der Waals surface area (Å²) in [7, 11) is 0. The molecule has 1 aliphatic rings. The maximum Gasteiger partial charge on any atom is 0.344 e. The quantitative estimate of drug-likeness (QED) is 0.555. The third kappa shape index (κ3) is 4.31. The summed E-state index contributed by atoms with van der Waals surface area (Å²) in [6, 6.07) is 10.5. The van der Waals surface area contributed by atoms with Crippen LogP contribution in [0.25, 0.3) is 6.08 Å². The second kappa shape index (κ2) is 7.84. The Labute approximate surface area is 162 Å². The molecule has 0 bridgehead atoms. The van der Waals surface area contributed by atoms with Crippen LogP contribution < -0.4 is 9.47 Å². The number of fused-ring (bicyclic) bond motifs is 1. The number of carbonyl (C=O) groups excluding carboxylic acids is 2. The lowest BCUT2D eigenvalue weighted by atomic mass is 10.0. The van der Waals surface area contributed by atoms with Gasteiger partial charge in [0.25, 0.3) is 0 Å². The molecule has 6 heteroatoms. The van der Waals surface area contributed by atoms with Crippen LogP contribution in [0.1, 0.15) is 35.3 Å². The van der Waals surface area contributed by atoms with Crippen molar-refractivity contribution in [3.63, 3.8) is 0 Å². The number of ketones is 1. The van der Waals surface area contributed by atoms with E-state index in [1.165, 1.54) is 0 Å². The van der Waals surface area contributed by atoms with Crippen LogP contribution in [0, 0.1) is 6.92 Å². The van der Waals surface area contributed by atoms with Crippen molar-refractivity contribution in [1.29, 1.82) is 0 Å². The summed E-state index contributed by atoms with van der Waals surface area (Å²) in [5.74, 6) is 0.342. The number of benzene rings is 2. The van der Waals surface area contributed by atoms with Gasteiger partial charge in [0, 0.05) is 11.1 Å². The molecule has 2 aromatic carbocycles. The maximum absolute atomic E-state index is 12.7. The second-order valence-corrected chi connectivity index (χ2v) is 6.81. The molecule has 5 nitrogen and oxygen atoms in total. The van der Waals surface area contributed by atoms with E-state index in [4.69, 9.17) is 25.8 Å². The molecule has 0 radical (unpaired) electrons. The van der Waals surface area contributed by atoms with E-state index in [1.54, 1.807) is 51.1 Å². The fourth-order valence-electron chi connectivity index (χ4n) is 2.73. The first kappa shape index (κ1) is 19.0. The molecule has 1 heterocycles. The zero-order valence-corrected chi connectivity index (χ0v) is 16.0. The molecule has 1 aliphatic heterocycles. The van der Waals surface area contributed by atoms with Crippen LogP contribution in [-0.2, 0) is 9.53 Å². The van der Waals surface area contributed by atoms with Gasteiger partial charge >= 0.3 is 5.97 Å². The van der Waals surface area contributed by atoms with Crippen molar-refractivity contribution in [2.45, 2.75) is 26.9 Å². The maximum atomic E-state index is 12.7. The lowest BCUT2D eigenvalue weighted by molar-refractivity contribution is -0.149. The summed E-state index contributed by atoms with van der Waals surface area (Å²) in [5.41, 5.74) is 1.87. The van der Waals surface area contributed by atoms with Crippen molar-refractivity contribution in [3.05, 3.63) is 63.9 Å². The molecule has 0 amide bonds. The number of carbonyl (C=O) groups is 2. The lowest BCUT2D eigenvalue weighted by Crippen LogP contribution is -2.18. The number of Topliss-reactive ketones (excluding diaryl/α,β-unsaturated/α-hetero) is 1. The fourth-order valence-corrected chi connectivity index (χ4v) is 2.92. The standard InChI is InChI=1S/C21H19ClO5/c1-12(2)26-19(23)11-25-15-8-13(3)20-17(10-15)27-18(21(20)24)9-14-6-4-5-7-16(14)22/h4-10,12H,11H2,1-3H3/b18-9-. The van der Waals surface area contributed by atoms with Gasteiger partial charge in [-0.1, -0.05) is 29.8 Å². The van der Waals surface area contributed by atoms with E-state index in [0.29, 0.717) is 33.2 Å². The Morgan fingerprint density at radius 3 is 2.70 bits per heavy atom. The minimum atomic E-state index is -0.459. The first-order valence-electron chi connectivity index (χ1n) is 8.51. The molecule has 0 saturated carbocycles. The van der Waals surface area contributed by atoms with Gasteiger partial charge in [-0.05, 0) is 50.1 Å². The number of ether oxygens (including phenoxy) is 3. The Morgan fingerprint density at radius 2 is 2.00 bits per heavy atom. The summed E-state index contributed by atoms with van der Waals surface area (Å²) < 4.78 is 16.2. The number of hydrogen-bond acceptors (Lipinski definition) is 5. The number of esters is 1. The molecule has 0 aromatic heterocycles. The summed E-state index contributed by atoms with van der Waals surface area (Å²) in [6.07, 6.45) is 1.41. The molecule has 0 atom stereocenters. The highest BCUT2D eigenvalue weighted by atomic mass is 35.5. The predicted octanol–water partition coefficient (Wildman–Crippen LogP) is 4.60. The van der Waals surface area contributed by atoms with E-state index in [2.05, 4.69) is 0 Å². The van der Waals surface area contributed by atoms with E-state index in [0.717, 1.165) is 0 Å². The zero-order chi connectivity index (χ0) is 19.6. The third-order valence-electron chi connectivity index (χ3n) is 3.86. The highest BCUT2D eigenvalue weighted by Crippen LogP contribution is 2.38. The van der Waals surface area contributed by atoms with Gasteiger partial charge < -0.3 is 14.2 Å². The van der Waals surface area contributed by atoms with Gasteiger partial charge in [-0.3, -0.25) is 4.79 Å². The van der Waals surface area contributed by atoms with Gasteiger partial charge in [-0.15, -0.1) is 0 Å².